The van der Waals surface area contributed by atoms with Crippen molar-refractivity contribution in [1.29, 1.82) is 0 Å². The summed E-state index contributed by atoms with van der Waals surface area (Å²) in [7, 11) is 1.69. The summed E-state index contributed by atoms with van der Waals surface area (Å²) in [6.07, 6.45) is 4.75. The topological polar surface area (TPSA) is 35.0 Å². The largest absolute Gasteiger partial charge is 0.497 e. The van der Waals surface area contributed by atoms with Crippen LogP contribution < -0.4 is 4.74 Å². The number of hydrogen-bond acceptors (Lipinski definition) is 3. The van der Waals surface area contributed by atoms with Crippen LogP contribution in [0.5, 0.6) is 5.75 Å². The molecule has 3 heteroatoms. The molecular weight excluding hydrogens is 260 g/mol. The van der Waals surface area contributed by atoms with Gasteiger partial charge in [-0.3, -0.25) is 0 Å². The molecule has 0 aliphatic heterocycles. The van der Waals surface area contributed by atoms with Crippen molar-refractivity contribution < 1.29 is 4.74 Å². The molecule has 0 amide bonds. The minimum absolute atomic E-state index is 0.903. The Kier molecular flexibility index (Phi) is 4.10. The summed E-state index contributed by atoms with van der Waals surface area (Å²) in [6, 6.07) is 16.4. The average Bonchev–Trinajstić information content (AvgIpc) is 2.56. The smallest absolute Gasteiger partial charge is 0.118 e. The Bertz CT molecular complexity index is 717. The van der Waals surface area contributed by atoms with Crippen LogP contribution in [0.15, 0.2) is 54.9 Å². The molecule has 3 nitrogen and oxygen atoms in total. The first-order valence-corrected chi connectivity index (χ1v) is 7.18. The molecule has 0 radical (unpaired) electrons. The zero-order valence-corrected chi connectivity index (χ0v) is 12.1. The zero-order chi connectivity index (χ0) is 14.5. The quantitative estimate of drug-likeness (QED) is 0.711. The zero-order valence-electron chi connectivity index (χ0n) is 12.1. The van der Waals surface area contributed by atoms with Gasteiger partial charge in [0.1, 0.15) is 12.1 Å². The number of ether oxygens (including phenoxy) is 1. The van der Waals surface area contributed by atoms with Gasteiger partial charge in [0.2, 0.25) is 0 Å². The first-order valence-electron chi connectivity index (χ1n) is 7.18. The molecule has 0 bridgehead atoms. The van der Waals surface area contributed by atoms with Crippen molar-refractivity contribution in [2.75, 3.05) is 7.11 Å². The van der Waals surface area contributed by atoms with Crippen LogP contribution in [0, 0.1) is 0 Å². The van der Waals surface area contributed by atoms with Crippen molar-refractivity contribution in [2.24, 2.45) is 0 Å². The minimum atomic E-state index is 0.903. The number of aryl methyl sites for hydroxylation is 2. The number of aromatic nitrogens is 2. The highest BCUT2D eigenvalue weighted by atomic mass is 16.5. The van der Waals surface area contributed by atoms with Crippen molar-refractivity contribution in [3.8, 4) is 5.75 Å². The first kappa shape index (κ1) is 13.6. The lowest BCUT2D eigenvalue weighted by molar-refractivity contribution is 0.414. The van der Waals surface area contributed by atoms with Gasteiger partial charge in [0.05, 0.1) is 18.3 Å². The van der Waals surface area contributed by atoms with Gasteiger partial charge in [-0.15, -0.1) is 0 Å². The average molecular weight is 278 g/mol. The molecule has 21 heavy (non-hydrogen) atoms. The molecule has 3 aromatic rings. The van der Waals surface area contributed by atoms with Crippen LogP contribution in [0.25, 0.3) is 10.9 Å². The Morgan fingerprint density at radius 2 is 1.71 bits per heavy atom. The Hall–Kier alpha value is -2.42. The molecule has 0 N–H and O–H groups in total. The van der Waals surface area contributed by atoms with Gasteiger partial charge in [0.25, 0.3) is 0 Å². The van der Waals surface area contributed by atoms with Crippen LogP contribution in [0.2, 0.25) is 0 Å². The SMILES string of the molecule is COc1ccc(CCCc2ncnc3ccccc23)cc1. The van der Waals surface area contributed by atoms with Gasteiger partial charge in [-0.25, -0.2) is 9.97 Å². The molecular formula is C18H18N2O. The van der Waals surface area contributed by atoms with Gasteiger partial charge in [-0.1, -0.05) is 30.3 Å². The molecule has 0 saturated heterocycles. The van der Waals surface area contributed by atoms with Crippen molar-refractivity contribution >= 4 is 10.9 Å². The van der Waals surface area contributed by atoms with E-state index in [4.69, 9.17) is 4.74 Å². The van der Waals surface area contributed by atoms with Crippen LogP contribution in [0.3, 0.4) is 0 Å². The van der Waals surface area contributed by atoms with Crippen molar-refractivity contribution in [3.05, 3.63) is 66.1 Å². The monoisotopic (exact) mass is 278 g/mol. The molecule has 106 valence electrons. The molecule has 0 spiro atoms. The van der Waals surface area contributed by atoms with Gasteiger partial charge < -0.3 is 4.74 Å². The molecule has 1 heterocycles. The molecule has 3 rings (SSSR count). The molecule has 0 aliphatic rings. The number of methoxy groups -OCH3 is 1. The second-order valence-corrected chi connectivity index (χ2v) is 5.04. The number of benzene rings is 2. The predicted octanol–water partition coefficient (Wildman–Crippen LogP) is 3.81. The van der Waals surface area contributed by atoms with E-state index in [9.17, 15) is 0 Å². The Balaban J connectivity index is 1.66. The lowest BCUT2D eigenvalue weighted by atomic mass is 10.0. The van der Waals surface area contributed by atoms with Gasteiger partial charge in [0, 0.05) is 5.39 Å². The van der Waals surface area contributed by atoms with Crippen LogP contribution in [0.4, 0.5) is 0 Å². The van der Waals surface area contributed by atoms with Gasteiger partial charge in [-0.05, 0) is 43.0 Å². The van der Waals surface area contributed by atoms with Crippen molar-refractivity contribution in [2.45, 2.75) is 19.3 Å². The van der Waals surface area contributed by atoms with E-state index >= 15 is 0 Å². The summed E-state index contributed by atoms with van der Waals surface area (Å²) >= 11 is 0. The van der Waals surface area contributed by atoms with Crippen molar-refractivity contribution in [1.82, 2.24) is 9.97 Å². The standard InChI is InChI=1S/C18H18N2O/c1-21-15-11-9-14(10-12-15)5-4-8-18-16-6-2-3-7-17(16)19-13-20-18/h2-3,6-7,9-13H,4-5,8H2,1H3. The van der Waals surface area contributed by atoms with Crippen LogP contribution in [-0.2, 0) is 12.8 Å². The van der Waals surface area contributed by atoms with Gasteiger partial charge >= 0.3 is 0 Å². The minimum Gasteiger partial charge on any atom is -0.497 e. The number of para-hydroxylation sites is 1. The maximum Gasteiger partial charge on any atom is 0.118 e. The van der Waals surface area contributed by atoms with E-state index < -0.39 is 0 Å². The van der Waals surface area contributed by atoms with E-state index in [1.54, 1.807) is 13.4 Å². The number of rotatable bonds is 5. The Morgan fingerprint density at radius 3 is 2.52 bits per heavy atom. The van der Waals surface area contributed by atoms with Crippen LogP contribution in [0.1, 0.15) is 17.7 Å². The normalized spacial score (nSPS) is 10.7. The third-order valence-corrected chi connectivity index (χ3v) is 3.66. The number of fused-ring (bicyclic) bond motifs is 1. The summed E-state index contributed by atoms with van der Waals surface area (Å²) < 4.78 is 5.17. The second-order valence-electron chi connectivity index (χ2n) is 5.04. The maximum atomic E-state index is 5.17. The number of hydrogen-bond donors (Lipinski definition) is 0. The third kappa shape index (κ3) is 3.19. The summed E-state index contributed by atoms with van der Waals surface area (Å²) in [5.41, 5.74) is 3.48. The maximum absolute atomic E-state index is 5.17. The summed E-state index contributed by atoms with van der Waals surface area (Å²) in [5, 5.41) is 1.16. The summed E-state index contributed by atoms with van der Waals surface area (Å²) in [4.78, 5) is 8.74. The van der Waals surface area contributed by atoms with Gasteiger partial charge in [0.15, 0.2) is 0 Å². The van der Waals surface area contributed by atoms with Crippen LogP contribution >= 0.6 is 0 Å². The van der Waals surface area contributed by atoms with Crippen molar-refractivity contribution in [3.63, 3.8) is 0 Å². The van der Waals surface area contributed by atoms with E-state index in [2.05, 4.69) is 28.2 Å². The highest BCUT2D eigenvalue weighted by molar-refractivity contribution is 5.80. The third-order valence-electron chi connectivity index (χ3n) is 3.66. The van der Waals surface area contributed by atoms with Gasteiger partial charge in [-0.2, -0.15) is 0 Å². The van der Waals surface area contributed by atoms with E-state index in [0.29, 0.717) is 0 Å². The highest BCUT2D eigenvalue weighted by Gasteiger charge is 2.03. The Morgan fingerprint density at radius 1 is 0.905 bits per heavy atom. The lowest BCUT2D eigenvalue weighted by Gasteiger charge is -2.06. The second kappa shape index (κ2) is 6.35. The predicted molar refractivity (Wildman–Crippen MR) is 84.6 cm³/mol. The Labute approximate surface area is 124 Å². The number of nitrogens with zero attached hydrogens (tertiary/aromatic N) is 2. The molecule has 2 aromatic carbocycles. The first-order chi connectivity index (χ1) is 10.4. The summed E-state index contributed by atoms with van der Waals surface area (Å²) in [6.45, 7) is 0. The highest BCUT2D eigenvalue weighted by Crippen LogP contribution is 2.17. The fourth-order valence-electron chi connectivity index (χ4n) is 2.51. The summed E-state index contributed by atoms with van der Waals surface area (Å²) in [5.74, 6) is 0.903. The van der Waals surface area contributed by atoms with E-state index in [1.807, 2.05) is 30.3 Å². The lowest BCUT2D eigenvalue weighted by Crippen LogP contribution is -1.96. The molecule has 1 aromatic heterocycles. The van der Waals surface area contributed by atoms with Crippen LogP contribution in [-0.4, -0.2) is 17.1 Å². The molecule has 0 aliphatic carbocycles. The molecule has 0 atom stereocenters. The fraction of sp³-hybridized carbons (Fsp3) is 0.222. The molecule has 0 unspecified atom stereocenters. The fourth-order valence-corrected chi connectivity index (χ4v) is 2.51. The van der Waals surface area contributed by atoms with E-state index in [0.717, 1.165) is 41.6 Å². The van der Waals surface area contributed by atoms with E-state index in [-0.39, 0.29) is 0 Å². The molecule has 0 fully saturated rings. The molecule has 0 saturated carbocycles. The van der Waals surface area contributed by atoms with E-state index in [1.165, 1.54) is 5.56 Å².